The van der Waals surface area contributed by atoms with E-state index >= 15 is 0 Å². The van der Waals surface area contributed by atoms with Gasteiger partial charge < -0.3 is 14.8 Å². The minimum atomic E-state index is -0.0317. The van der Waals surface area contributed by atoms with Crippen LogP contribution in [0.5, 0.6) is 0 Å². The molecule has 18 heavy (non-hydrogen) atoms. The van der Waals surface area contributed by atoms with Crippen LogP contribution >= 0.6 is 0 Å². The van der Waals surface area contributed by atoms with Crippen LogP contribution in [0.2, 0.25) is 0 Å². The van der Waals surface area contributed by atoms with Crippen LogP contribution in [0, 0.1) is 5.92 Å². The van der Waals surface area contributed by atoms with Gasteiger partial charge in [0.25, 0.3) is 0 Å². The fourth-order valence-electron chi connectivity index (χ4n) is 2.16. The Morgan fingerprint density at radius 3 is 2.61 bits per heavy atom. The molecule has 1 aliphatic heterocycles. The summed E-state index contributed by atoms with van der Waals surface area (Å²) in [6.07, 6.45) is 0. The SMILES string of the molecule is CCOCC(=O)NC[C@@H](C(C)C)N1CCOCC1. The van der Waals surface area contributed by atoms with Crippen molar-refractivity contribution in [1.29, 1.82) is 0 Å². The Morgan fingerprint density at radius 1 is 1.39 bits per heavy atom. The maximum Gasteiger partial charge on any atom is 0.246 e. The Bertz CT molecular complexity index is 240. The van der Waals surface area contributed by atoms with Gasteiger partial charge in [-0.2, -0.15) is 0 Å². The number of nitrogens with one attached hydrogen (secondary N) is 1. The molecule has 1 fully saturated rings. The van der Waals surface area contributed by atoms with Gasteiger partial charge in [0.2, 0.25) is 5.91 Å². The summed E-state index contributed by atoms with van der Waals surface area (Å²) in [5, 5.41) is 2.95. The molecule has 0 radical (unpaired) electrons. The van der Waals surface area contributed by atoms with Crippen molar-refractivity contribution in [2.75, 3.05) is 46.1 Å². The predicted octanol–water partition coefficient (Wildman–Crippen LogP) is 0.496. The first-order valence-corrected chi connectivity index (χ1v) is 6.81. The fourth-order valence-corrected chi connectivity index (χ4v) is 2.16. The lowest BCUT2D eigenvalue weighted by molar-refractivity contribution is -0.126. The van der Waals surface area contributed by atoms with Gasteiger partial charge in [-0.25, -0.2) is 0 Å². The number of carbonyl (C=O) groups is 1. The number of carbonyl (C=O) groups excluding carboxylic acids is 1. The summed E-state index contributed by atoms with van der Waals surface area (Å²) in [5.41, 5.74) is 0. The molecule has 0 aromatic rings. The molecule has 1 aliphatic rings. The monoisotopic (exact) mass is 258 g/mol. The average Bonchev–Trinajstić information content (AvgIpc) is 2.37. The third-order valence-electron chi connectivity index (χ3n) is 3.23. The van der Waals surface area contributed by atoms with E-state index in [0.29, 0.717) is 25.1 Å². The standard InChI is InChI=1S/C13H26N2O3/c1-4-17-10-13(16)14-9-12(11(2)3)15-5-7-18-8-6-15/h11-12H,4-10H2,1-3H3,(H,14,16)/t12-/m0/s1. The van der Waals surface area contributed by atoms with E-state index in [0.717, 1.165) is 26.3 Å². The summed E-state index contributed by atoms with van der Waals surface area (Å²) in [5.74, 6) is 0.478. The molecule has 0 aromatic carbocycles. The van der Waals surface area contributed by atoms with E-state index in [9.17, 15) is 4.79 Å². The van der Waals surface area contributed by atoms with Crippen molar-refractivity contribution in [3.63, 3.8) is 0 Å². The molecule has 5 heteroatoms. The minimum Gasteiger partial charge on any atom is -0.379 e. The van der Waals surface area contributed by atoms with Crippen LogP contribution in [0.15, 0.2) is 0 Å². The molecular weight excluding hydrogens is 232 g/mol. The van der Waals surface area contributed by atoms with Gasteiger partial charge in [-0.15, -0.1) is 0 Å². The molecule has 5 nitrogen and oxygen atoms in total. The van der Waals surface area contributed by atoms with Crippen LogP contribution in [-0.4, -0.2) is 62.9 Å². The van der Waals surface area contributed by atoms with Gasteiger partial charge in [0.1, 0.15) is 6.61 Å². The van der Waals surface area contributed by atoms with Crippen LogP contribution in [-0.2, 0) is 14.3 Å². The first-order valence-electron chi connectivity index (χ1n) is 6.81. The Kier molecular flexibility index (Phi) is 7.23. The normalized spacial score (nSPS) is 18.9. The number of ether oxygens (including phenoxy) is 2. The number of hydrogen-bond acceptors (Lipinski definition) is 4. The van der Waals surface area contributed by atoms with Gasteiger partial charge in [0, 0.05) is 32.3 Å². The maximum absolute atomic E-state index is 11.5. The van der Waals surface area contributed by atoms with Crippen molar-refractivity contribution in [3.8, 4) is 0 Å². The van der Waals surface area contributed by atoms with E-state index in [1.54, 1.807) is 0 Å². The van der Waals surface area contributed by atoms with Gasteiger partial charge in [0.15, 0.2) is 0 Å². The zero-order valence-corrected chi connectivity index (χ0v) is 11.8. The molecule has 1 N–H and O–H groups in total. The molecule has 0 unspecified atom stereocenters. The lowest BCUT2D eigenvalue weighted by Gasteiger charge is -2.36. The topological polar surface area (TPSA) is 50.8 Å². The lowest BCUT2D eigenvalue weighted by Crippen LogP contribution is -2.51. The molecular formula is C13H26N2O3. The third-order valence-corrected chi connectivity index (χ3v) is 3.23. The quantitative estimate of drug-likeness (QED) is 0.722. The smallest absolute Gasteiger partial charge is 0.246 e. The predicted molar refractivity (Wildman–Crippen MR) is 70.5 cm³/mol. The van der Waals surface area contributed by atoms with Crippen molar-refractivity contribution >= 4 is 5.91 Å². The highest BCUT2D eigenvalue weighted by Crippen LogP contribution is 2.12. The summed E-state index contributed by atoms with van der Waals surface area (Å²) >= 11 is 0. The maximum atomic E-state index is 11.5. The highest BCUT2D eigenvalue weighted by molar-refractivity contribution is 5.77. The Hall–Kier alpha value is -0.650. The van der Waals surface area contributed by atoms with Gasteiger partial charge >= 0.3 is 0 Å². The van der Waals surface area contributed by atoms with E-state index in [1.165, 1.54) is 0 Å². The molecule has 0 spiro atoms. The molecule has 106 valence electrons. The molecule has 0 bridgehead atoms. The van der Waals surface area contributed by atoms with Crippen LogP contribution in [0.3, 0.4) is 0 Å². The Labute approximate surface area is 110 Å². The molecule has 1 saturated heterocycles. The molecule has 1 amide bonds. The minimum absolute atomic E-state index is 0.0317. The lowest BCUT2D eigenvalue weighted by atomic mass is 10.0. The summed E-state index contributed by atoms with van der Waals surface area (Å²) in [6.45, 7) is 11.2. The highest BCUT2D eigenvalue weighted by Gasteiger charge is 2.23. The molecule has 1 rings (SSSR count). The average molecular weight is 258 g/mol. The van der Waals surface area contributed by atoms with Crippen LogP contribution < -0.4 is 5.32 Å². The van der Waals surface area contributed by atoms with E-state index in [-0.39, 0.29) is 12.5 Å². The van der Waals surface area contributed by atoms with E-state index in [1.807, 2.05) is 6.92 Å². The number of nitrogens with zero attached hydrogens (tertiary/aromatic N) is 1. The number of morpholine rings is 1. The van der Waals surface area contributed by atoms with Crippen LogP contribution in [0.4, 0.5) is 0 Å². The molecule has 0 saturated carbocycles. The summed E-state index contributed by atoms with van der Waals surface area (Å²) in [4.78, 5) is 13.9. The van der Waals surface area contributed by atoms with Crippen LogP contribution in [0.25, 0.3) is 0 Å². The van der Waals surface area contributed by atoms with Gasteiger partial charge in [-0.3, -0.25) is 9.69 Å². The molecule has 0 aliphatic carbocycles. The molecule has 1 atom stereocenters. The van der Waals surface area contributed by atoms with Crippen molar-refractivity contribution in [3.05, 3.63) is 0 Å². The van der Waals surface area contributed by atoms with Gasteiger partial charge in [-0.05, 0) is 12.8 Å². The second-order valence-corrected chi connectivity index (χ2v) is 4.90. The Morgan fingerprint density at radius 2 is 2.06 bits per heavy atom. The second-order valence-electron chi connectivity index (χ2n) is 4.90. The second kappa shape index (κ2) is 8.45. The number of amides is 1. The highest BCUT2D eigenvalue weighted by atomic mass is 16.5. The molecule has 1 heterocycles. The summed E-state index contributed by atoms with van der Waals surface area (Å²) < 4.78 is 10.4. The van der Waals surface area contributed by atoms with Crippen molar-refractivity contribution < 1.29 is 14.3 Å². The fraction of sp³-hybridized carbons (Fsp3) is 0.923. The van der Waals surface area contributed by atoms with Crippen molar-refractivity contribution in [1.82, 2.24) is 10.2 Å². The van der Waals surface area contributed by atoms with Gasteiger partial charge in [0.05, 0.1) is 13.2 Å². The van der Waals surface area contributed by atoms with Crippen molar-refractivity contribution in [2.45, 2.75) is 26.8 Å². The van der Waals surface area contributed by atoms with Crippen LogP contribution in [0.1, 0.15) is 20.8 Å². The summed E-state index contributed by atoms with van der Waals surface area (Å²) in [6, 6.07) is 0.375. The number of rotatable bonds is 7. The summed E-state index contributed by atoms with van der Waals surface area (Å²) in [7, 11) is 0. The Balaban J connectivity index is 2.35. The first-order chi connectivity index (χ1) is 8.65. The van der Waals surface area contributed by atoms with Crippen molar-refractivity contribution in [2.24, 2.45) is 5.92 Å². The zero-order valence-electron chi connectivity index (χ0n) is 11.8. The van der Waals surface area contributed by atoms with E-state index < -0.39 is 0 Å². The van der Waals surface area contributed by atoms with E-state index in [2.05, 4.69) is 24.1 Å². The largest absolute Gasteiger partial charge is 0.379 e. The van der Waals surface area contributed by atoms with E-state index in [4.69, 9.17) is 9.47 Å². The molecule has 0 aromatic heterocycles. The third kappa shape index (κ3) is 5.33. The number of hydrogen-bond donors (Lipinski definition) is 1. The first kappa shape index (κ1) is 15.4. The zero-order chi connectivity index (χ0) is 13.4. The van der Waals surface area contributed by atoms with Gasteiger partial charge in [-0.1, -0.05) is 13.8 Å².